The molecule has 0 radical (unpaired) electrons. The van der Waals surface area contributed by atoms with E-state index in [1.807, 2.05) is 4.90 Å². The van der Waals surface area contributed by atoms with Crippen molar-refractivity contribution < 1.29 is 13.6 Å². The summed E-state index contributed by atoms with van der Waals surface area (Å²) in [5.41, 5.74) is 0.492. The van der Waals surface area contributed by atoms with Crippen LogP contribution in [0.15, 0.2) is 18.3 Å². The lowest BCUT2D eigenvalue weighted by Gasteiger charge is -2.32. The maximum Gasteiger partial charge on any atom is 0.251 e. The van der Waals surface area contributed by atoms with E-state index in [1.165, 1.54) is 6.20 Å². The predicted molar refractivity (Wildman–Crippen MR) is 56.0 cm³/mol. The van der Waals surface area contributed by atoms with Gasteiger partial charge >= 0.3 is 0 Å². The summed E-state index contributed by atoms with van der Waals surface area (Å²) in [6.07, 6.45) is 1.89. The fraction of sp³-hybridized carbons (Fsp3) is 0.455. The number of carbonyl (C=O) groups is 1. The molecule has 1 aliphatic rings. The summed E-state index contributed by atoms with van der Waals surface area (Å²) in [4.78, 5) is 16.3. The highest BCUT2D eigenvalue weighted by atomic mass is 19.3. The quantitative estimate of drug-likeness (QED) is 0.724. The molecule has 2 heterocycles. The van der Waals surface area contributed by atoms with E-state index in [0.717, 1.165) is 0 Å². The molecule has 1 aromatic rings. The molecular formula is C11H12F2N2O. The number of piperidine rings is 1. The van der Waals surface area contributed by atoms with Gasteiger partial charge in [-0.25, -0.2) is 13.8 Å². The summed E-state index contributed by atoms with van der Waals surface area (Å²) in [5.74, 6) is -1.89. The van der Waals surface area contributed by atoms with E-state index in [9.17, 15) is 13.6 Å². The van der Waals surface area contributed by atoms with Gasteiger partial charge in [0.25, 0.3) is 5.92 Å². The first-order valence-corrected chi connectivity index (χ1v) is 5.15. The Morgan fingerprint density at radius 2 is 2.00 bits per heavy atom. The van der Waals surface area contributed by atoms with Crippen molar-refractivity contribution in [3.05, 3.63) is 23.9 Å². The number of halogens is 2. The average Bonchev–Trinajstić information content (AvgIpc) is 2.29. The van der Waals surface area contributed by atoms with Gasteiger partial charge in [-0.15, -0.1) is 0 Å². The van der Waals surface area contributed by atoms with Crippen molar-refractivity contribution >= 4 is 12.1 Å². The van der Waals surface area contributed by atoms with Crippen molar-refractivity contribution in [2.75, 3.05) is 18.0 Å². The molecule has 0 amide bonds. The Balaban J connectivity index is 2.05. The Bertz CT molecular complexity index is 368. The maximum absolute atomic E-state index is 12.9. The molecule has 0 unspecified atom stereocenters. The van der Waals surface area contributed by atoms with Gasteiger partial charge in [0.2, 0.25) is 0 Å². The summed E-state index contributed by atoms with van der Waals surface area (Å²) in [7, 11) is 0. The number of hydrogen-bond acceptors (Lipinski definition) is 3. The molecule has 0 atom stereocenters. The number of aldehydes is 1. The highest BCUT2D eigenvalue weighted by Crippen LogP contribution is 2.29. The first kappa shape index (κ1) is 11.0. The fourth-order valence-electron chi connectivity index (χ4n) is 1.72. The van der Waals surface area contributed by atoms with Gasteiger partial charge in [0.1, 0.15) is 5.82 Å². The van der Waals surface area contributed by atoms with Crippen LogP contribution in [0.2, 0.25) is 0 Å². The summed E-state index contributed by atoms with van der Waals surface area (Å²) >= 11 is 0. The van der Waals surface area contributed by atoms with Crippen LogP contribution in [0, 0.1) is 0 Å². The van der Waals surface area contributed by atoms with Gasteiger partial charge in [-0.3, -0.25) is 4.79 Å². The van der Waals surface area contributed by atoms with Crippen LogP contribution in [0.1, 0.15) is 23.2 Å². The predicted octanol–water partition coefficient (Wildman–Crippen LogP) is 2.13. The standard InChI is InChI=1S/C11H12F2N2O/c12-11(13)3-5-15(6-4-11)10-2-1-9(8-16)7-14-10/h1-2,7-8H,3-6H2. The lowest BCUT2D eigenvalue weighted by Crippen LogP contribution is -2.39. The minimum absolute atomic E-state index is 0.135. The molecule has 0 spiro atoms. The number of alkyl halides is 2. The number of nitrogens with zero attached hydrogens (tertiary/aromatic N) is 2. The van der Waals surface area contributed by atoms with Crippen molar-refractivity contribution in [2.24, 2.45) is 0 Å². The molecule has 86 valence electrons. The first-order chi connectivity index (χ1) is 7.61. The first-order valence-electron chi connectivity index (χ1n) is 5.15. The molecule has 1 saturated heterocycles. The van der Waals surface area contributed by atoms with Crippen molar-refractivity contribution in [3.63, 3.8) is 0 Å². The molecule has 5 heteroatoms. The third kappa shape index (κ3) is 2.35. The van der Waals surface area contributed by atoms with E-state index in [-0.39, 0.29) is 12.8 Å². The van der Waals surface area contributed by atoms with E-state index in [1.54, 1.807) is 12.1 Å². The van der Waals surface area contributed by atoms with Crippen LogP contribution in [-0.2, 0) is 0 Å². The van der Waals surface area contributed by atoms with Crippen LogP contribution >= 0.6 is 0 Å². The average molecular weight is 226 g/mol. The number of anilines is 1. The Morgan fingerprint density at radius 1 is 1.31 bits per heavy atom. The van der Waals surface area contributed by atoms with Crippen LogP contribution < -0.4 is 4.90 Å². The molecule has 0 aromatic carbocycles. The second-order valence-corrected chi connectivity index (χ2v) is 3.91. The zero-order valence-corrected chi connectivity index (χ0v) is 8.70. The number of hydrogen-bond donors (Lipinski definition) is 0. The van der Waals surface area contributed by atoms with E-state index < -0.39 is 5.92 Å². The zero-order valence-electron chi connectivity index (χ0n) is 8.70. The number of pyridine rings is 1. The van der Waals surface area contributed by atoms with Gasteiger partial charge in [0, 0.05) is 37.7 Å². The molecule has 0 saturated carbocycles. The molecule has 0 N–H and O–H groups in total. The van der Waals surface area contributed by atoms with Crippen LogP contribution in [0.5, 0.6) is 0 Å². The van der Waals surface area contributed by atoms with Crippen molar-refractivity contribution in [2.45, 2.75) is 18.8 Å². The normalized spacial score (nSPS) is 19.5. The van der Waals surface area contributed by atoms with Crippen molar-refractivity contribution in [3.8, 4) is 0 Å². The minimum Gasteiger partial charge on any atom is -0.356 e. The van der Waals surface area contributed by atoms with Crippen molar-refractivity contribution in [1.29, 1.82) is 0 Å². The fourth-order valence-corrected chi connectivity index (χ4v) is 1.72. The van der Waals surface area contributed by atoms with E-state index in [4.69, 9.17) is 0 Å². The topological polar surface area (TPSA) is 33.2 Å². The summed E-state index contributed by atoms with van der Waals surface area (Å²) < 4.78 is 25.8. The third-order valence-corrected chi connectivity index (χ3v) is 2.73. The molecule has 16 heavy (non-hydrogen) atoms. The van der Waals surface area contributed by atoms with Gasteiger partial charge in [-0.05, 0) is 12.1 Å². The van der Waals surface area contributed by atoms with Gasteiger partial charge < -0.3 is 4.90 Å². The monoisotopic (exact) mass is 226 g/mol. The van der Waals surface area contributed by atoms with E-state index >= 15 is 0 Å². The second-order valence-electron chi connectivity index (χ2n) is 3.91. The van der Waals surface area contributed by atoms with Crippen molar-refractivity contribution in [1.82, 2.24) is 4.98 Å². The number of rotatable bonds is 2. The summed E-state index contributed by atoms with van der Waals surface area (Å²) in [6.45, 7) is 0.612. The Hall–Kier alpha value is -1.52. The SMILES string of the molecule is O=Cc1ccc(N2CCC(F)(F)CC2)nc1. The molecule has 0 aliphatic carbocycles. The second kappa shape index (κ2) is 4.15. The van der Waals surface area contributed by atoms with E-state index in [2.05, 4.69) is 4.98 Å². The third-order valence-electron chi connectivity index (χ3n) is 2.73. The zero-order chi connectivity index (χ0) is 11.6. The van der Waals surface area contributed by atoms with Crippen LogP contribution in [0.3, 0.4) is 0 Å². The Labute approximate surface area is 92.1 Å². The molecule has 1 fully saturated rings. The highest BCUT2D eigenvalue weighted by molar-refractivity contribution is 5.74. The lowest BCUT2D eigenvalue weighted by atomic mass is 10.1. The highest BCUT2D eigenvalue weighted by Gasteiger charge is 2.34. The molecule has 0 bridgehead atoms. The Kier molecular flexibility index (Phi) is 2.85. The lowest BCUT2D eigenvalue weighted by molar-refractivity contribution is -0.0221. The summed E-state index contributed by atoms with van der Waals surface area (Å²) in [5, 5.41) is 0. The van der Waals surface area contributed by atoms with E-state index in [0.29, 0.717) is 30.8 Å². The largest absolute Gasteiger partial charge is 0.356 e. The summed E-state index contributed by atoms with van der Waals surface area (Å²) in [6, 6.07) is 3.33. The smallest absolute Gasteiger partial charge is 0.251 e. The van der Waals surface area contributed by atoms with Gasteiger partial charge in [0.05, 0.1) is 0 Å². The molecule has 1 aliphatic heterocycles. The molecule has 2 rings (SSSR count). The van der Waals surface area contributed by atoms with Gasteiger partial charge in [0.15, 0.2) is 6.29 Å². The number of carbonyl (C=O) groups excluding carboxylic acids is 1. The maximum atomic E-state index is 12.9. The molecular weight excluding hydrogens is 214 g/mol. The van der Waals surface area contributed by atoms with Gasteiger partial charge in [-0.1, -0.05) is 0 Å². The molecule has 1 aromatic heterocycles. The molecule has 3 nitrogen and oxygen atoms in total. The van der Waals surface area contributed by atoms with Crippen LogP contribution in [-0.4, -0.2) is 30.3 Å². The minimum atomic E-state index is -2.54. The van der Waals surface area contributed by atoms with Crippen LogP contribution in [0.25, 0.3) is 0 Å². The van der Waals surface area contributed by atoms with Crippen LogP contribution in [0.4, 0.5) is 14.6 Å². The Morgan fingerprint density at radius 3 is 2.50 bits per heavy atom. The number of aromatic nitrogens is 1. The van der Waals surface area contributed by atoms with Gasteiger partial charge in [-0.2, -0.15) is 0 Å².